The molecule has 1 saturated heterocycles. The number of hydrogen-bond donors (Lipinski definition) is 1. The maximum atomic E-state index is 13.3. The Morgan fingerprint density at radius 3 is 2.32 bits per heavy atom. The average Bonchev–Trinajstić information content (AvgIpc) is 2.82. The second-order valence-corrected chi connectivity index (χ2v) is 11.1. The minimum atomic E-state index is -5.02. The van der Waals surface area contributed by atoms with Crippen molar-refractivity contribution in [3.63, 3.8) is 0 Å². The van der Waals surface area contributed by atoms with Gasteiger partial charge in [-0.2, -0.15) is 17.5 Å². The fourth-order valence-corrected chi connectivity index (χ4v) is 4.94. The summed E-state index contributed by atoms with van der Waals surface area (Å²) < 4.78 is 70.9. The highest BCUT2D eigenvalue weighted by Crippen LogP contribution is 2.26. The van der Waals surface area contributed by atoms with Crippen LogP contribution in [0.3, 0.4) is 0 Å². The summed E-state index contributed by atoms with van der Waals surface area (Å²) in [7, 11) is -3.98. The molecule has 3 heterocycles. The number of piperazine rings is 1. The molecule has 1 atom stereocenters. The zero-order chi connectivity index (χ0) is 28.3. The number of ether oxygens (including phenoxy) is 1. The van der Waals surface area contributed by atoms with Gasteiger partial charge in [-0.05, 0) is 52.0 Å². The Bertz CT molecular complexity index is 1350. The molecule has 0 radical (unpaired) electrons. The van der Waals surface area contributed by atoms with Crippen LogP contribution in [0, 0.1) is 11.8 Å². The minimum absolute atomic E-state index is 0.0348. The number of hydrogen-bond acceptors (Lipinski definition) is 8. The van der Waals surface area contributed by atoms with Crippen LogP contribution in [0.1, 0.15) is 38.1 Å². The van der Waals surface area contributed by atoms with Crippen LogP contribution < -0.4 is 10.2 Å². The van der Waals surface area contributed by atoms with E-state index in [2.05, 4.69) is 27.1 Å². The van der Waals surface area contributed by atoms with Gasteiger partial charge in [0, 0.05) is 37.6 Å². The Morgan fingerprint density at radius 1 is 1.08 bits per heavy atom. The van der Waals surface area contributed by atoms with Gasteiger partial charge in [-0.15, -0.1) is 5.92 Å². The number of rotatable bonds is 5. The number of pyridine rings is 2. The lowest BCUT2D eigenvalue weighted by atomic mass is 10.1. The molecule has 10 nitrogen and oxygen atoms in total. The predicted octanol–water partition coefficient (Wildman–Crippen LogP) is 3.47. The largest absolute Gasteiger partial charge is 0.454 e. The van der Waals surface area contributed by atoms with Crippen molar-refractivity contribution >= 4 is 33.5 Å². The molecule has 14 heteroatoms. The number of Topliss-reactive ketones (excluding diaryl/α,β-unsaturated/α-hetero) is 1. The number of anilines is 2. The molecule has 38 heavy (non-hydrogen) atoms. The molecule has 0 bridgehead atoms. The summed E-state index contributed by atoms with van der Waals surface area (Å²) in [5.41, 5.74) is -1.32. The number of aromatic nitrogens is 2. The average molecular weight is 554 g/mol. The SMILES string of the molecule is CC#C[C@H]1CN(S(=O)(=O)c2ccc(NC(=O)OC(C)(C)C)nc2)CCN1c1ccc(C(=O)C(F)(F)F)cn1. The molecule has 0 aliphatic carbocycles. The first-order chi connectivity index (χ1) is 17.6. The molecule has 3 rings (SSSR count). The molecular weight excluding hydrogens is 527 g/mol. The van der Waals surface area contributed by atoms with Crippen molar-refractivity contribution in [3.05, 3.63) is 42.2 Å². The van der Waals surface area contributed by atoms with Crippen molar-refractivity contribution in [1.82, 2.24) is 14.3 Å². The first-order valence-corrected chi connectivity index (χ1v) is 12.8. The van der Waals surface area contributed by atoms with Gasteiger partial charge in [0.1, 0.15) is 28.2 Å². The minimum Gasteiger partial charge on any atom is -0.444 e. The fraction of sp³-hybridized carbons (Fsp3) is 0.417. The molecule has 0 aromatic carbocycles. The number of ketones is 1. The molecular formula is C24H26F3N5O5S. The lowest BCUT2D eigenvalue weighted by Crippen LogP contribution is -2.54. The van der Waals surface area contributed by atoms with Crippen LogP contribution in [-0.2, 0) is 14.8 Å². The Morgan fingerprint density at radius 2 is 1.79 bits per heavy atom. The Labute approximate surface area is 218 Å². The summed E-state index contributed by atoms with van der Waals surface area (Å²) in [6.07, 6.45) is -3.80. The molecule has 0 unspecified atom stereocenters. The highest BCUT2D eigenvalue weighted by atomic mass is 32.2. The summed E-state index contributed by atoms with van der Waals surface area (Å²) >= 11 is 0. The predicted molar refractivity (Wildman–Crippen MR) is 132 cm³/mol. The van der Waals surface area contributed by atoms with E-state index < -0.39 is 45.3 Å². The summed E-state index contributed by atoms with van der Waals surface area (Å²) in [6, 6.07) is 4.29. The van der Waals surface area contributed by atoms with Crippen molar-refractivity contribution in [2.45, 2.75) is 50.4 Å². The standard InChI is InChI=1S/C24H26F3N5O5S/c1-5-6-17-15-31(11-12-32(17)20-10-7-16(13-29-20)21(33)24(25,26)27)38(35,36)18-8-9-19(28-14-18)30-22(34)37-23(2,3)4/h7-10,13-14,17H,11-12,15H2,1-4H3,(H,28,30,34)/t17-/m0/s1. The van der Waals surface area contributed by atoms with Gasteiger partial charge < -0.3 is 9.64 Å². The van der Waals surface area contributed by atoms with Gasteiger partial charge >= 0.3 is 12.3 Å². The van der Waals surface area contributed by atoms with E-state index in [1.807, 2.05) is 0 Å². The number of carbonyl (C=O) groups excluding carboxylic acids is 2. The van der Waals surface area contributed by atoms with Crippen molar-refractivity contribution in [2.75, 3.05) is 29.9 Å². The Kier molecular flexibility index (Phi) is 8.33. The normalized spacial score (nSPS) is 16.8. The molecule has 0 spiro atoms. The fourth-order valence-electron chi connectivity index (χ4n) is 3.56. The molecule has 2 aromatic rings. The number of carbonyl (C=O) groups is 2. The van der Waals surface area contributed by atoms with Gasteiger partial charge in [0.15, 0.2) is 0 Å². The van der Waals surface area contributed by atoms with Gasteiger partial charge in [0.2, 0.25) is 10.0 Å². The molecule has 1 aliphatic heterocycles. The Hall–Kier alpha value is -3.70. The van der Waals surface area contributed by atoms with Crippen LogP contribution in [0.15, 0.2) is 41.6 Å². The first kappa shape index (κ1) is 28.9. The maximum Gasteiger partial charge on any atom is 0.454 e. The van der Waals surface area contributed by atoms with E-state index in [1.165, 1.54) is 22.5 Å². The number of nitrogens with one attached hydrogen (secondary N) is 1. The molecule has 1 N–H and O–H groups in total. The van der Waals surface area contributed by atoms with Gasteiger partial charge in [0.25, 0.3) is 5.78 Å². The highest BCUT2D eigenvalue weighted by Gasteiger charge is 2.40. The molecule has 204 valence electrons. The van der Waals surface area contributed by atoms with Crippen molar-refractivity contribution in [1.29, 1.82) is 0 Å². The highest BCUT2D eigenvalue weighted by molar-refractivity contribution is 7.89. The summed E-state index contributed by atoms with van der Waals surface area (Å²) in [6.45, 7) is 6.80. The first-order valence-electron chi connectivity index (χ1n) is 11.3. The number of halogens is 3. The lowest BCUT2D eigenvalue weighted by molar-refractivity contribution is -0.0885. The van der Waals surface area contributed by atoms with Gasteiger partial charge in [-0.25, -0.2) is 23.2 Å². The third-order valence-electron chi connectivity index (χ3n) is 5.22. The van der Waals surface area contributed by atoms with E-state index in [4.69, 9.17) is 4.74 Å². The smallest absolute Gasteiger partial charge is 0.444 e. The van der Waals surface area contributed by atoms with E-state index in [1.54, 1.807) is 32.6 Å². The second kappa shape index (κ2) is 11.0. The molecule has 0 saturated carbocycles. The van der Waals surface area contributed by atoms with E-state index in [-0.39, 0.29) is 36.2 Å². The van der Waals surface area contributed by atoms with E-state index >= 15 is 0 Å². The van der Waals surface area contributed by atoms with Crippen LogP contribution in [0.2, 0.25) is 0 Å². The van der Waals surface area contributed by atoms with Crippen LogP contribution in [0.4, 0.5) is 29.6 Å². The summed E-state index contributed by atoms with van der Waals surface area (Å²) in [5.74, 6) is 4.00. The van der Waals surface area contributed by atoms with Crippen LogP contribution in [-0.4, -0.2) is 72.0 Å². The molecule has 1 aliphatic rings. The topological polar surface area (TPSA) is 122 Å². The number of nitrogens with zero attached hydrogens (tertiary/aromatic N) is 4. The zero-order valence-electron chi connectivity index (χ0n) is 21.0. The quantitative estimate of drug-likeness (QED) is 0.441. The van der Waals surface area contributed by atoms with Gasteiger partial charge in [-0.1, -0.05) is 5.92 Å². The van der Waals surface area contributed by atoms with Gasteiger partial charge in [0.05, 0.1) is 0 Å². The van der Waals surface area contributed by atoms with Crippen molar-refractivity contribution in [3.8, 4) is 11.8 Å². The van der Waals surface area contributed by atoms with Crippen molar-refractivity contribution < 1.29 is 35.9 Å². The van der Waals surface area contributed by atoms with E-state index in [0.717, 1.165) is 18.5 Å². The van der Waals surface area contributed by atoms with Crippen LogP contribution in [0.25, 0.3) is 0 Å². The molecule has 2 aromatic heterocycles. The van der Waals surface area contributed by atoms with Crippen LogP contribution in [0.5, 0.6) is 0 Å². The monoisotopic (exact) mass is 553 g/mol. The molecule has 1 amide bonds. The van der Waals surface area contributed by atoms with Gasteiger partial charge in [-0.3, -0.25) is 10.1 Å². The third-order valence-corrected chi connectivity index (χ3v) is 7.07. The van der Waals surface area contributed by atoms with Crippen LogP contribution >= 0.6 is 0 Å². The number of alkyl halides is 3. The van der Waals surface area contributed by atoms with E-state index in [9.17, 15) is 31.2 Å². The molecule has 1 fully saturated rings. The summed E-state index contributed by atoms with van der Waals surface area (Å²) in [4.78, 5) is 32.9. The summed E-state index contributed by atoms with van der Waals surface area (Å²) in [5, 5.41) is 2.43. The van der Waals surface area contributed by atoms with Crippen molar-refractivity contribution in [2.24, 2.45) is 0 Å². The number of amides is 1. The van der Waals surface area contributed by atoms with E-state index in [0.29, 0.717) is 0 Å². The third kappa shape index (κ3) is 6.99. The Balaban J connectivity index is 1.74. The lowest BCUT2D eigenvalue weighted by Gasteiger charge is -2.39. The second-order valence-electron chi connectivity index (χ2n) is 9.20. The maximum absolute atomic E-state index is 13.3. The number of sulfonamides is 1. The zero-order valence-corrected chi connectivity index (χ0v) is 21.9.